The molecule has 0 saturated heterocycles. The van der Waals surface area contributed by atoms with Crippen molar-refractivity contribution in [2.45, 2.75) is 6.54 Å². The summed E-state index contributed by atoms with van der Waals surface area (Å²) < 4.78 is 27.6. The molecule has 104 valence electrons. The largest absolute Gasteiger partial charge is 0.381 e. The van der Waals surface area contributed by atoms with E-state index in [0.29, 0.717) is 6.07 Å². The van der Waals surface area contributed by atoms with E-state index < -0.39 is 22.2 Å². The number of anilines is 1. The van der Waals surface area contributed by atoms with Gasteiger partial charge < -0.3 is 5.32 Å². The molecule has 0 heterocycles. The van der Waals surface area contributed by atoms with Gasteiger partial charge in [-0.3, -0.25) is 10.1 Å². The zero-order valence-electron chi connectivity index (χ0n) is 10.1. The van der Waals surface area contributed by atoms with Gasteiger partial charge in [-0.15, -0.1) is 0 Å². The average Bonchev–Trinajstić information content (AvgIpc) is 2.39. The topological polar surface area (TPSA) is 55.2 Å². The van der Waals surface area contributed by atoms with Gasteiger partial charge in [0.15, 0.2) is 0 Å². The fourth-order valence-corrected chi connectivity index (χ4v) is 1.89. The Morgan fingerprint density at radius 3 is 2.40 bits per heavy atom. The predicted octanol–water partition coefficient (Wildman–Crippen LogP) is 4.25. The maximum atomic E-state index is 13.6. The molecule has 7 heteroatoms. The van der Waals surface area contributed by atoms with E-state index in [2.05, 4.69) is 21.2 Å². The van der Waals surface area contributed by atoms with E-state index in [9.17, 15) is 18.9 Å². The van der Waals surface area contributed by atoms with Crippen LogP contribution in [0.5, 0.6) is 0 Å². The van der Waals surface area contributed by atoms with Crippen LogP contribution in [-0.2, 0) is 6.54 Å². The lowest BCUT2D eigenvalue weighted by Crippen LogP contribution is -2.04. The average molecular weight is 343 g/mol. The molecule has 2 aromatic carbocycles. The van der Waals surface area contributed by atoms with E-state index in [4.69, 9.17) is 0 Å². The van der Waals surface area contributed by atoms with Gasteiger partial charge in [-0.1, -0.05) is 15.9 Å². The molecule has 0 aliphatic heterocycles. The fourth-order valence-electron chi connectivity index (χ4n) is 1.62. The van der Waals surface area contributed by atoms with Gasteiger partial charge >= 0.3 is 5.69 Å². The Kier molecular flexibility index (Phi) is 4.29. The second-order valence-electron chi connectivity index (χ2n) is 4.01. The summed E-state index contributed by atoms with van der Waals surface area (Å²) in [6, 6.07) is 8.55. The Morgan fingerprint density at radius 1 is 1.15 bits per heavy atom. The number of hydrogen-bond donors (Lipinski definition) is 1. The van der Waals surface area contributed by atoms with Crippen molar-refractivity contribution in [1.29, 1.82) is 0 Å². The lowest BCUT2D eigenvalue weighted by Gasteiger charge is -2.08. The predicted molar refractivity (Wildman–Crippen MR) is 74.5 cm³/mol. The molecule has 0 unspecified atom stereocenters. The number of halogens is 3. The summed E-state index contributed by atoms with van der Waals surface area (Å²) in [6.45, 7) is 0.0224. The van der Waals surface area contributed by atoms with Gasteiger partial charge in [-0.2, -0.15) is 4.39 Å². The number of nitro benzene ring substituents is 1. The molecule has 0 spiro atoms. The number of nitrogens with one attached hydrogen (secondary N) is 1. The molecule has 0 aliphatic rings. The Labute approximate surface area is 121 Å². The Hall–Kier alpha value is -2.02. The second kappa shape index (κ2) is 5.96. The number of nitrogens with zero attached hydrogens (tertiary/aromatic N) is 1. The van der Waals surface area contributed by atoms with Crippen LogP contribution in [0.4, 0.5) is 20.2 Å². The molecule has 0 amide bonds. The normalized spacial score (nSPS) is 10.3. The zero-order chi connectivity index (χ0) is 14.7. The van der Waals surface area contributed by atoms with Crippen molar-refractivity contribution in [3.63, 3.8) is 0 Å². The maximum absolute atomic E-state index is 13.6. The summed E-state index contributed by atoms with van der Waals surface area (Å²) in [6.07, 6.45) is 0. The van der Waals surface area contributed by atoms with Gasteiger partial charge in [0.05, 0.1) is 4.92 Å². The van der Waals surface area contributed by atoms with Crippen LogP contribution in [0.3, 0.4) is 0 Å². The molecule has 0 aromatic heterocycles. The minimum atomic E-state index is -1.18. The first-order valence-corrected chi connectivity index (χ1v) is 6.38. The summed E-state index contributed by atoms with van der Waals surface area (Å²) in [5, 5.41) is 13.5. The third-order valence-corrected chi connectivity index (χ3v) is 3.17. The van der Waals surface area contributed by atoms with Crippen molar-refractivity contribution in [3.05, 3.63) is 68.2 Å². The van der Waals surface area contributed by atoms with Gasteiger partial charge in [0.1, 0.15) is 5.82 Å². The molecule has 2 rings (SSSR count). The van der Waals surface area contributed by atoms with E-state index in [-0.39, 0.29) is 12.1 Å². The van der Waals surface area contributed by atoms with Gasteiger partial charge in [0.25, 0.3) is 0 Å². The maximum Gasteiger partial charge on any atom is 0.305 e. The van der Waals surface area contributed by atoms with Crippen LogP contribution in [0.25, 0.3) is 0 Å². The molecule has 0 atom stereocenters. The SMILES string of the molecule is O=[N+]([O-])c1cc(CNc2ccc(Br)cc2)c(F)cc1F. The first-order valence-electron chi connectivity index (χ1n) is 5.59. The molecule has 0 fully saturated rings. The molecular formula is C13H9BrF2N2O2. The highest BCUT2D eigenvalue weighted by Gasteiger charge is 2.18. The van der Waals surface area contributed by atoms with E-state index in [1.807, 2.05) is 0 Å². The third kappa shape index (κ3) is 3.30. The second-order valence-corrected chi connectivity index (χ2v) is 4.93. The minimum absolute atomic E-state index is 0.0224. The molecular weight excluding hydrogens is 334 g/mol. The Balaban J connectivity index is 2.18. The number of benzene rings is 2. The standard InChI is InChI=1S/C13H9BrF2N2O2/c14-9-1-3-10(4-2-9)17-7-8-5-13(18(19)20)12(16)6-11(8)15/h1-6,17H,7H2. The van der Waals surface area contributed by atoms with E-state index in [1.54, 1.807) is 24.3 Å². The minimum Gasteiger partial charge on any atom is -0.381 e. The molecule has 0 aliphatic carbocycles. The van der Waals surface area contributed by atoms with E-state index >= 15 is 0 Å². The molecule has 0 bridgehead atoms. The summed E-state index contributed by atoms with van der Waals surface area (Å²) >= 11 is 3.28. The summed E-state index contributed by atoms with van der Waals surface area (Å²) in [4.78, 5) is 9.74. The molecule has 0 radical (unpaired) electrons. The van der Waals surface area contributed by atoms with Crippen molar-refractivity contribution in [2.75, 3.05) is 5.32 Å². The van der Waals surface area contributed by atoms with E-state index in [0.717, 1.165) is 16.2 Å². The van der Waals surface area contributed by atoms with Crippen LogP contribution in [0.2, 0.25) is 0 Å². The highest BCUT2D eigenvalue weighted by molar-refractivity contribution is 9.10. The van der Waals surface area contributed by atoms with Crippen LogP contribution in [-0.4, -0.2) is 4.92 Å². The van der Waals surface area contributed by atoms with Crippen LogP contribution in [0.15, 0.2) is 40.9 Å². The smallest absolute Gasteiger partial charge is 0.305 e. The van der Waals surface area contributed by atoms with Crippen LogP contribution >= 0.6 is 15.9 Å². The summed E-state index contributed by atoms with van der Waals surface area (Å²) in [5.41, 5.74) is 0.0135. The van der Waals surface area contributed by atoms with Gasteiger partial charge in [-0.25, -0.2) is 4.39 Å². The van der Waals surface area contributed by atoms with Crippen molar-refractivity contribution in [2.24, 2.45) is 0 Å². The van der Waals surface area contributed by atoms with E-state index in [1.165, 1.54) is 0 Å². The first kappa shape index (κ1) is 14.4. The molecule has 0 saturated carbocycles. The Morgan fingerprint density at radius 2 is 1.80 bits per heavy atom. The number of hydrogen-bond acceptors (Lipinski definition) is 3. The molecule has 2 aromatic rings. The summed E-state index contributed by atoms with van der Waals surface area (Å²) in [5.74, 6) is -2.00. The first-order chi connectivity index (χ1) is 9.47. The van der Waals surface area contributed by atoms with Crippen LogP contribution < -0.4 is 5.32 Å². The highest BCUT2D eigenvalue weighted by Crippen LogP contribution is 2.22. The molecule has 4 nitrogen and oxygen atoms in total. The van der Waals surface area contributed by atoms with Gasteiger partial charge in [0, 0.05) is 34.4 Å². The highest BCUT2D eigenvalue weighted by atomic mass is 79.9. The Bertz CT molecular complexity index is 648. The third-order valence-electron chi connectivity index (χ3n) is 2.64. The molecule has 1 N–H and O–H groups in total. The van der Waals surface area contributed by atoms with Crippen molar-refractivity contribution >= 4 is 27.3 Å². The lowest BCUT2D eigenvalue weighted by molar-refractivity contribution is -0.387. The monoisotopic (exact) mass is 342 g/mol. The summed E-state index contributed by atoms with van der Waals surface area (Å²) in [7, 11) is 0. The van der Waals surface area contributed by atoms with Gasteiger partial charge in [0.2, 0.25) is 5.82 Å². The fraction of sp³-hybridized carbons (Fsp3) is 0.0769. The lowest BCUT2D eigenvalue weighted by atomic mass is 10.1. The van der Waals surface area contributed by atoms with Crippen LogP contribution in [0.1, 0.15) is 5.56 Å². The quantitative estimate of drug-likeness (QED) is 0.667. The van der Waals surface area contributed by atoms with Crippen molar-refractivity contribution < 1.29 is 13.7 Å². The van der Waals surface area contributed by atoms with Crippen molar-refractivity contribution in [1.82, 2.24) is 0 Å². The van der Waals surface area contributed by atoms with Gasteiger partial charge in [-0.05, 0) is 24.3 Å². The van der Waals surface area contributed by atoms with Crippen molar-refractivity contribution in [3.8, 4) is 0 Å². The number of rotatable bonds is 4. The molecule has 20 heavy (non-hydrogen) atoms. The van der Waals surface area contributed by atoms with Crippen LogP contribution in [0, 0.1) is 21.7 Å². The zero-order valence-corrected chi connectivity index (χ0v) is 11.7. The number of nitro groups is 1.